The molecule has 0 aliphatic heterocycles. The summed E-state index contributed by atoms with van der Waals surface area (Å²) in [6.45, 7) is 6.60. The Labute approximate surface area is 99.4 Å². The minimum atomic E-state index is -1.96. The summed E-state index contributed by atoms with van der Waals surface area (Å²) in [6, 6.07) is 0.824. The first-order valence-electron chi connectivity index (χ1n) is 5.91. The zero-order chi connectivity index (χ0) is 12.7. The van der Waals surface area contributed by atoms with E-state index in [9.17, 15) is 15.0 Å². The molecule has 0 aliphatic carbocycles. The van der Waals surface area contributed by atoms with E-state index in [1.165, 1.54) is 0 Å². The standard InChI is InChI=1S/C11H26O4Si/c1-4-11(8-12,9-13)10-15-6-5-7-16(2,3)14/h12-14H,4-10H2,1-3H3. The van der Waals surface area contributed by atoms with Gasteiger partial charge < -0.3 is 19.7 Å². The Morgan fingerprint density at radius 3 is 2.12 bits per heavy atom. The van der Waals surface area contributed by atoms with Gasteiger partial charge in [-0.1, -0.05) is 6.92 Å². The van der Waals surface area contributed by atoms with Crippen LogP contribution < -0.4 is 0 Å². The molecule has 98 valence electrons. The minimum absolute atomic E-state index is 0.0553. The molecular formula is C11H26O4Si. The van der Waals surface area contributed by atoms with E-state index in [1.54, 1.807) is 0 Å². The first kappa shape index (κ1) is 16.1. The molecule has 3 N–H and O–H groups in total. The molecule has 0 amide bonds. The van der Waals surface area contributed by atoms with Crippen LogP contribution in [0.5, 0.6) is 0 Å². The van der Waals surface area contributed by atoms with Crippen LogP contribution in [0, 0.1) is 5.41 Å². The summed E-state index contributed by atoms with van der Waals surface area (Å²) in [5.41, 5.74) is -0.508. The van der Waals surface area contributed by atoms with Crippen molar-refractivity contribution in [3.05, 3.63) is 0 Å². The van der Waals surface area contributed by atoms with E-state index in [2.05, 4.69) is 0 Å². The fraction of sp³-hybridized carbons (Fsp3) is 1.00. The van der Waals surface area contributed by atoms with Crippen LogP contribution in [0.15, 0.2) is 0 Å². The van der Waals surface area contributed by atoms with Gasteiger partial charge in [-0.2, -0.15) is 0 Å². The molecule has 0 saturated carbocycles. The molecule has 0 heterocycles. The highest BCUT2D eigenvalue weighted by atomic mass is 28.4. The SMILES string of the molecule is CCC(CO)(CO)COCCC[Si](C)(C)O. The second-order valence-corrected chi connectivity index (χ2v) is 9.26. The Balaban J connectivity index is 3.71. The van der Waals surface area contributed by atoms with Gasteiger partial charge >= 0.3 is 0 Å². The third-order valence-electron chi connectivity index (χ3n) is 2.91. The largest absolute Gasteiger partial charge is 0.432 e. The van der Waals surface area contributed by atoms with E-state index < -0.39 is 13.7 Å². The fourth-order valence-electron chi connectivity index (χ4n) is 1.36. The molecule has 0 bridgehead atoms. The zero-order valence-corrected chi connectivity index (χ0v) is 11.7. The summed E-state index contributed by atoms with van der Waals surface area (Å²) in [5, 5.41) is 18.4. The normalized spacial score (nSPS) is 13.1. The molecule has 0 radical (unpaired) electrons. The summed E-state index contributed by atoms with van der Waals surface area (Å²) in [6.07, 6.45) is 1.53. The Morgan fingerprint density at radius 2 is 1.75 bits per heavy atom. The Kier molecular flexibility index (Phi) is 7.42. The quantitative estimate of drug-likeness (QED) is 0.421. The van der Waals surface area contributed by atoms with E-state index in [4.69, 9.17) is 4.74 Å². The Hall–Kier alpha value is 0.0569. The van der Waals surface area contributed by atoms with Gasteiger partial charge in [0.2, 0.25) is 0 Å². The van der Waals surface area contributed by atoms with Crippen LogP contribution in [0.25, 0.3) is 0 Å². The maximum Gasteiger partial charge on any atom is 0.182 e. The van der Waals surface area contributed by atoms with Gasteiger partial charge in [0.05, 0.1) is 19.8 Å². The van der Waals surface area contributed by atoms with Crippen molar-refractivity contribution >= 4 is 8.32 Å². The summed E-state index contributed by atoms with van der Waals surface area (Å²) in [4.78, 5) is 9.62. The second-order valence-electron chi connectivity index (χ2n) is 5.14. The van der Waals surface area contributed by atoms with Gasteiger partial charge in [-0.3, -0.25) is 0 Å². The smallest absolute Gasteiger partial charge is 0.182 e. The van der Waals surface area contributed by atoms with Crippen molar-refractivity contribution in [2.75, 3.05) is 26.4 Å². The molecule has 0 atom stereocenters. The Morgan fingerprint density at radius 1 is 1.19 bits per heavy atom. The molecule has 16 heavy (non-hydrogen) atoms. The summed E-state index contributed by atoms with van der Waals surface area (Å²) >= 11 is 0. The van der Waals surface area contributed by atoms with Crippen molar-refractivity contribution in [1.29, 1.82) is 0 Å². The molecule has 0 aliphatic rings. The summed E-state index contributed by atoms with van der Waals surface area (Å²) in [5.74, 6) is 0. The third-order valence-corrected chi connectivity index (χ3v) is 4.48. The number of ether oxygens (including phenoxy) is 1. The van der Waals surface area contributed by atoms with Gasteiger partial charge in [-0.15, -0.1) is 0 Å². The number of aliphatic hydroxyl groups excluding tert-OH is 2. The number of hydrogen-bond acceptors (Lipinski definition) is 4. The zero-order valence-electron chi connectivity index (χ0n) is 10.7. The maximum atomic E-state index is 9.62. The lowest BCUT2D eigenvalue weighted by Crippen LogP contribution is -2.34. The second kappa shape index (κ2) is 7.40. The van der Waals surface area contributed by atoms with Gasteiger partial charge in [0.15, 0.2) is 8.32 Å². The molecule has 0 aromatic carbocycles. The van der Waals surface area contributed by atoms with Crippen molar-refractivity contribution in [1.82, 2.24) is 0 Å². The number of rotatable bonds is 9. The van der Waals surface area contributed by atoms with Gasteiger partial charge in [0.25, 0.3) is 0 Å². The highest BCUT2D eigenvalue weighted by Gasteiger charge is 2.27. The molecule has 0 rings (SSSR count). The number of aliphatic hydroxyl groups is 2. The summed E-state index contributed by atoms with van der Waals surface area (Å²) < 4.78 is 5.46. The van der Waals surface area contributed by atoms with Crippen molar-refractivity contribution in [2.24, 2.45) is 5.41 Å². The minimum Gasteiger partial charge on any atom is -0.432 e. The third kappa shape index (κ3) is 6.60. The van der Waals surface area contributed by atoms with E-state index in [0.717, 1.165) is 12.5 Å². The predicted molar refractivity (Wildman–Crippen MR) is 66.8 cm³/mol. The molecule has 0 aromatic rings. The molecule has 0 unspecified atom stereocenters. The molecule has 0 saturated heterocycles. The van der Waals surface area contributed by atoms with Crippen molar-refractivity contribution < 1.29 is 19.7 Å². The highest BCUT2D eigenvalue weighted by molar-refractivity contribution is 6.69. The van der Waals surface area contributed by atoms with Crippen LogP contribution in [-0.4, -0.2) is 49.8 Å². The van der Waals surface area contributed by atoms with E-state index in [0.29, 0.717) is 19.6 Å². The van der Waals surface area contributed by atoms with Crippen LogP contribution in [0.2, 0.25) is 19.1 Å². The monoisotopic (exact) mass is 250 g/mol. The molecule has 4 nitrogen and oxygen atoms in total. The van der Waals surface area contributed by atoms with Crippen molar-refractivity contribution in [3.8, 4) is 0 Å². The van der Waals surface area contributed by atoms with Crippen LogP contribution in [-0.2, 0) is 4.74 Å². The lowest BCUT2D eigenvalue weighted by molar-refractivity contribution is -0.0297. The predicted octanol–water partition coefficient (Wildman–Crippen LogP) is 0.971. The van der Waals surface area contributed by atoms with Crippen LogP contribution in [0.1, 0.15) is 19.8 Å². The molecule has 0 spiro atoms. The van der Waals surface area contributed by atoms with E-state index >= 15 is 0 Å². The van der Waals surface area contributed by atoms with Crippen molar-refractivity contribution in [2.45, 2.75) is 38.9 Å². The van der Waals surface area contributed by atoms with Crippen LogP contribution in [0.4, 0.5) is 0 Å². The topological polar surface area (TPSA) is 69.9 Å². The highest BCUT2D eigenvalue weighted by Crippen LogP contribution is 2.21. The van der Waals surface area contributed by atoms with Crippen molar-refractivity contribution in [3.63, 3.8) is 0 Å². The Bertz CT molecular complexity index is 167. The molecule has 0 aromatic heterocycles. The molecular weight excluding hydrogens is 224 g/mol. The molecule has 0 fully saturated rings. The van der Waals surface area contributed by atoms with Gasteiger partial charge in [-0.05, 0) is 32.0 Å². The van der Waals surface area contributed by atoms with Gasteiger partial charge in [0, 0.05) is 12.0 Å². The first-order chi connectivity index (χ1) is 7.39. The fourth-order valence-corrected chi connectivity index (χ4v) is 2.37. The van der Waals surface area contributed by atoms with Gasteiger partial charge in [-0.25, -0.2) is 0 Å². The lowest BCUT2D eigenvalue weighted by atomic mass is 9.88. The maximum absolute atomic E-state index is 9.62. The first-order valence-corrected chi connectivity index (χ1v) is 9.06. The van der Waals surface area contributed by atoms with Crippen LogP contribution >= 0.6 is 0 Å². The van der Waals surface area contributed by atoms with E-state index in [1.807, 2.05) is 20.0 Å². The summed E-state index contributed by atoms with van der Waals surface area (Å²) in [7, 11) is -1.96. The number of hydrogen-bond donors (Lipinski definition) is 3. The lowest BCUT2D eigenvalue weighted by Gasteiger charge is -2.28. The molecule has 5 heteroatoms. The van der Waals surface area contributed by atoms with E-state index in [-0.39, 0.29) is 13.2 Å². The average molecular weight is 250 g/mol. The van der Waals surface area contributed by atoms with Crippen LogP contribution in [0.3, 0.4) is 0 Å². The average Bonchev–Trinajstić information content (AvgIpc) is 2.23. The van der Waals surface area contributed by atoms with Gasteiger partial charge in [0.1, 0.15) is 0 Å².